The minimum Gasteiger partial charge on any atom is -0.354 e. The molecule has 0 saturated carbocycles. The number of hydrogen-bond acceptors (Lipinski definition) is 4. The van der Waals surface area contributed by atoms with Gasteiger partial charge in [-0.1, -0.05) is 29.8 Å². The summed E-state index contributed by atoms with van der Waals surface area (Å²) in [5.74, 6) is 0.0799. The summed E-state index contributed by atoms with van der Waals surface area (Å²) in [7, 11) is 2.17. The Hall–Kier alpha value is -2.18. The minimum atomic E-state index is 0.0464. The van der Waals surface area contributed by atoms with E-state index in [1.165, 1.54) is 11.1 Å². The number of nitrogens with zero attached hydrogens (tertiary/aromatic N) is 4. The van der Waals surface area contributed by atoms with Gasteiger partial charge in [-0.15, -0.1) is 0 Å². The Kier molecular flexibility index (Phi) is 7.09. The van der Waals surface area contributed by atoms with Gasteiger partial charge in [0.25, 0.3) is 0 Å². The number of aryl methyl sites for hydroxylation is 3. The van der Waals surface area contributed by atoms with Gasteiger partial charge < -0.3 is 10.2 Å². The molecule has 2 atom stereocenters. The van der Waals surface area contributed by atoms with Crippen LogP contribution >= 0.6 is 0 Å². The Balaban J connectivity index is 1.63. The van der Waals surface area contributed by atoms with Gasteiger partial charge in [-0.05, 0) is 46.4 Å². The molecule has 1 N–H and O–H groups in total. The summed E-state index contributed by atoms with van der Waals surface area (Å²) in [6.45, 7) is 13.0. The maximum Gasteiger partial charge on any atom is 0.222 e. The zero-order valence-corrected chi connectivity index (χ0v) is 18.5. The summed E-state index contributed by atoms with van der Waals surface area (Å²) in [4.78, 5) is 17.5. The fourth-order valence-corrected chi connectivity index (χ4v) is 4.11. The van der Waals surface area contributed by atoms with E-state index in [0.717, 1.165) is 37.6 Å². The van der Waals surface area contributed by atoms with Crippen LogP contribution in [0.4, 0.5) is 0 Å². The number of benzene rings is 1. The van der Waals surface area contributed by atoms with Gasteiger partial charge in [-0.25, -0.2) is 0 Å². The summed E-state index contributed by atoms with van der Waals surface area (Å²) < 4.78 is 1.95. The third-order valence-corrected chi connectivity index (χ3v) is 5.88. The van der Waals surface area contributed by atoms with Crippen molar-refractivity contribution in [3.8, 4) is 0 Å². The molecule has 0 radical (unpaired) electrons. The van der Waals surface area contributed by atoms with Crippen LogP contribution < -0.4 is 5.32 Å². The molecule has 29 heavy (non-hydrogen) atoms. The molecule has 2 heterocycles. The van der Waals surface area contributed by atoms with Crippen molar-refractivity contribution in [1.29, 1.82) is 0 Å². The van der Waals surface area contributed by atoms with Crippen molar-refractivity contribution in [2.75, 3.05) is 39.8 Å². The number of carbonyl (C=O) groups excluding carboxylic acids is 1. The second-order valence-corrected chi connectivity index (χ2v) is 8.49. The van der Waals surface area contributed by atoms with Gasteiger partial charge in [0.1, 0.15) is 0 Å². The SMILES string of the molecule is Cc1ccc([C@H](CNC(=O)C[C@H](C)n2nc(C)cc2C)N2CCN(C)CC2)cc1. The number of nitrogens with one attached hydrogen (secondary N) is 1. The first-order valence-electron chi connectivity index (χ1n) is 10.6. The van der Waals surface area contributed by atoms with Gasteiger partial charge in [-0.3, -0.25) is 14.4 Å². The molecule has 1 saturated heterocycles. The molecule has 158 valence electrons. The van der Waals surface area contributed by atoms with Crippen LogP contribution in [0, 0.1) is 20.8 Å². The summed E-state index contributed by atoms with van der Waals surface area (Å²) >= 11 is 0. The van der Waals surface area contributed by atoms with Crippen LogP contribution in [0.5, 0.6) is 0 Å². The van der Waals surface area contributed by atoms with E-state index < -0.39 is 0 Å². The molecule has 0 unspecified atom stereocenters. The van der Waals surface area contributed by atoms with Gasteiger partial charge in [-0.2, -0.15) is 5.10 Å². The molecule has 1 aliphatic rings. The van der Waals surface area contributed by atoms with Crippen LogP contribution in [0.1, 0.15) is 47.9 Å². The summed E-state index contributed by atoms with van der Waals surface area (Å²) in [6.07, 6.45) is 0.436. The lowest BCUT2D eigenvalue weighted by molar-refractivity contribution is -0.122. The fraction of sp³-hybridized carbons (Fsp3) is 0.565. The number of amides is 1. The van der Waals surface area contributed by atoms with E-state index in [9.17, 15) is 4.79 Å². The normalized spacial score (nSPS) is 17.8. The Bertz CT molecular complexity index is 805. The highest BCUT2D eigenvalue weighted by atomic mass is 16.1. The molecule has 6 nitrogen and oxygen atoms in total. The van der Waals surface area contributed by atoms with Gasteiger partial charge >= 0.3 is 0 Å². The van der Waals surface area contributed by atoms with Gasteiger partial charge in [0.05, 0.1) is 17.8 Å². The van der Waals surface area contributed by atoms with Crippen molar-refractivity contribution in [3.63, 3.8) is 0 Å². The van der Waals surface area contributed by atoms with Crippen molar-refractivity contribution in [1.82, 2.24) is 24.9 Å². The lowest BCUT2D eigenvalue weighted by atomic mass is 10.0. The summed E-state index contributed by atoms with van der Waals surface area (Å²) in [5, 5.41) is 7.71. The predicted molar refractivity (Wildman–Crippen MR) is 117 cm³/mol. The standard InChI is InChI=1S/C23H35N5O/c1-17-6-8-21(9-7-17)22(27-12-10-26(5)11-13-27)16-24-23(29)15-20(4)28-19(3)14-18(2)25-28/h6-9,14,20,22H,10-13,15-16H2,1-5H3,(H,24,29)/t20-,22-/m0/s1. The van der Waals surface area contributed by atoms with Crippen LogP contribution in [-0.2, 0) is 4.79 Å². The zero-order valence-electron chi connectivity index (χ0n) is 18.5. The second kappa shape index (κ2) is 9.55. The summed E-state index contributed by atoms with van der Waals surface area (Å²) in [6, 6.07) is 11.0. The van der Waals surface area contributed by atoms with Crippen molar-refractivity contribution in [2.24, 2.45) is 0 Å². The highest BCUT2D eigenvalue weighted by Gasteiger charge is 2.25. The predicted octanol–water partition coefficient (Wildman–Crippen LogP) is 2.86. The highest BCUT2D eigenvalue weighted by molar-refractivity contribution is 5.76. The molecule has 0 spiro atoms. The first-order valence-corrected chi connectivity index (χ1v) is 10.6. The average molecular weight is 398 g/mol. The monoisotopic (exact) mass is 397 g/mol. The molecule has 6 heteroatoms. The van der Waals surface area contributed by atoms with Crippen LogP contribution in [0.3, 0.4) is 0 Å². The number of hydrogen-bond donors (Lipinski definition) is 1. The Morgan fingerprint density at radius 3 is 2.34 bits per heavy atom. The lowest BCUT2D eigenvalue weighted by Crippen LogP contribution is -2.48. The maximum atomic E-state index is 12.7. The molecular weight excluding hydrogens is 362 g/mol. The minimum absolute atomic E-state index is 0.0464. The molecular formula is C23H35N5O. The average Bonchev–Trinajstić information content (AvgIpc) is 3.03. The third kappa shape index (κ3) is 5.67. The van der Waals surface area contributed by atoms with Gasteiger partial charge in [0.2, 0.25) is 5.91 Å². The molecule has 1 aromatic heterocycles. The van der Waals surface area contributed by atoms with E-state index in [1.807, 2.05) is 18.5 Å². The van der Waals surface area contributed by atoms with Crippen LogP contribution in [0.15, 0.2) is 30.3 Å². The third-order valence-electron chi connectivity index (χ3n) is 5.88. The van der Waals surface area contributed by atoms with Crippen LogP contribution in [-0.4, -0.2) is 65.3 Å². The molecule has 2 aromatic rings. The second-order valence-electron chi connectivity index (χ2n) is 8.49. The number of carbonyl (C=O) groups is 1. The van der Waals surface area contributed by atoms with E-state index in [-0.39, 0.29) is 18.0 Å². The smallest absolute Gasteiger partial charge is 0.222 e. The summed E-state index contributed by atoms with van der Waals surface area (Å²) in [5.41, 5.74) is 4.61. The van der Waals surface area contributed by atoms with E-state index in [2.05, 4.69) is 71.4 Å². The van der Waals surface area contributed by atoms with Crippen LogP contribution in [0.25, 0.3) is 0 Å². The van der Waals surface area contributed by atoms with Crippen molar-refractivity contribution in [2.45, 2.75) is 46.2 Å². The first kappa shape index (κ1) is 21.5. The van der Waals surface area contributed by atoms with E-state index in [0.29, 0.717) is 13.0 Å². The number of aromatic nitrogens is 2. The van der Waals surface area contributed by atoms with Gasteiger partial charge in [0, 0.05) is 44.8 Å². The molecule has 1 amide bonds. The topological polar surface area (TPSA) is 53.4 Å². The molecule has 1 aliphatic heterocycles. The molecule has 0 bridgehead atoms. The maximum absolute atomic E-state index is 12.7. The fourth-order valence-electron chi connectivity index (χ4n) is 4.11. The molecule has 1 aromatic carbocycles. The first-order chi connectivity index (χ1) is 13.8. The Labute approximate surface area is 174 Å². The van der Waals surface area contributed by atoms with Gasteiger partial charge in [0.15, 0.2) is 0 Å². The van der Waals surface area contributed by atoms with Crippen molar-refractivity contribution in [3.05, 3.63) is 52.8 Å². The lowest BCUT2D eigenvalue weighted by Gasteiger charge is -2.38. The molecule has 1 fully saturated rings. The van der Waals surface area contributed by atoms with Crippen LogP contribution in [0.2, 0.25) is 0 Å². The Morgan fingerprint density at radius 1 is 1.10 bits per heavy atom. The van der Waals surface area contributed by atoms with E-state index >= 15 is 0 Å². The highest BCUT2D eigenvalue weighted by Crippen LogP contribution is 2.22. The number of piperazine rings is 1. The quantitative estimate of drug-likeness (QED) is 0.781. The molecule has 0 aliphatic carbocycles. The van der Waals surface area contributed by atoms with Crippen molar-refractivity contribution >= 4 is 5.91 Å². The zero-order chi connectivity index (χ0) is 21.0. The largest absolute Gasteiger partial charge is 0.354 e. The van der Waals surface area contributed by atoms with E-state index in [1.54, 1.807) is 0 Å². The van der Waals surface area contributed by atoms with Crippen molar-refractivity contribution < 1.29 is 4.79 Å². The van der Waals surface area contributed by atoms with E-state index in [4.69, 9.17) is 0 Å². The number of rotatable bonds is 7. The molecule has 3 rings (SSSR count). The Morgan fingerprint density at radius 2 is 1.76 bits per heavy atom. The number of likely N-dealkylation sites (N-methyl/N-ethyl adjacent to an activating group) is 1.